The van der Waals surface area contributed by atoms with Crippen LogP contribution in [0, 0.1) is 6.92 Å². The van der Waals surface area contributed by atoms with Gasteiger partial charge in [-0.1, -0.05) is 0 Å². The number of hydrogen-bond acceptors (Lipinski definition) is 3. The third-order valence-corrected chi connectivity index (χ3v) is 1.51. The van der Waals surface area contributed by atoms with Gasteiger partial charge in [-0.3, -0.25) is 0 Å². The van der Waals surface area contributed by atoms with Gasteiger partial charge in [-0.05, 0) is 13.3 Å². The van der Waals surface area contributed by atoms with E-state index in [1.54, 1.807) is 6.20 Å². The summed E-state index contributed by atoms with van der Waals surface area (Å²) in [5.74, 6) is 0.747. The zero-order valence-electron chi connectivity index (χ0n) is 6.54. The molecule has 0 aliphatic carbocycles. The smallest absolute Gasteiger partial charge is 0.123 e. The monoisotopic (exact) mass is 155 g/mol. The van der Waals surface area contributed by atoms with Crippen LogP contribution in [0.15, 0.2) is 6.20 Å². The van der Waals surface area contributed by atoms with E-state index < -0.39 is 0 Å². The van der Waals surface area contributed by atoms with E-state index in [2.05, 4.69) is 9.97 Å². The molecule has 1 aromatic rings. The third-order valence-electron chi connectivity index (χ3n) is 1.51. The molecule has 0 aromatic carbocycles. The summed E-state index contributed by atoms with van der Waals surface area (Å²) in [6.07, 6.45) is 2.28. The summed E-state index contributed by atoms with van der Waals surface area (Å²) in [4.78, 5) is 7.06. The minimum atomic E-state index is -0.173. The van der Waals surface area contributed by atoms with Crippen molar-refractivity contribution >= 4 is 0 Å². The second-order valence-electron chi connectivity index (χ2n) is 2.57. The van der Waals surface area contributed by atoms with Crippen LogP contribution < -0.4 is 5.73 Å². The number of imidazole rings is 1. The van der Waals surface area contributed by atoms with Crippen molar-refractivity contribution in [2.75, 3.05) is 6.61 Å². The molecule has 1 aromatic heterocycles. The summed E-state index contributed by atoms with van der Waals surface area (Å²) in [5, 5.41) is 8.58. The van der Waals surface area contributed by atoms with Crippen molar-refractivity contribution < 1.29 is 5.11 Å². The molecule has 0 amide bonds. The van der Waals surface area contributed by atoms with Crippen LogP contribution in [0.2, 0.25) is 0 Å². The lowest BCUT2D eigenvalue weighted by atomic mass is 10.2. The first-order valence-corrected chi connectivity index (χ1v) is 3.62. The Hall–Kier alpha value is -0.870. The van der Waals surface area contributed by atoms with Gasteiger partial charge in [0, 0.05) is 18.5 Å². The maximum absolute atomic E-state index is 8.58. The van der Waals surface area contributed by atoms with Gasteiger partial charge in [-0.15, -0.1) is 0 Å². The normalized spacial score (nSPS) is 13.4. The molecule has 4 nitrogen and oxygen atoms in total. The van der Waals surface area contributed by atoms with Crippen LogP contribution in [0.4, 0.5) is 0 Å². The van der Waals surface area contributed by atoms with Crippen LogP contribution in [0.25, 0.3) is 0 Å². The quantitative estimate of drug-likeness (QED) is 0.579. The highest BCUT2D eigenvalue weighted by molar-refractivity contribution is 5.01. The van der Waals surface area contributed by atoms with E-state index in [9.17, 15) is 0 Å². The summed E-state index contributed by atoms with van der Waals surface area (Å²) >= 11 is 0. The maximum Gasteiger partial charge on any atom is 0.123 e. The highest BCUT2D eigenvalue weighted by Gasteiger charge is 2.07. The highest BCUT2D eigenvalue weighted by atomic mass is 16.3. The van der Waals surface area contributed by atoms with E-state index in [-0.39, 0.29) is 12.6 Å². The number of aromatic nitrogens is 2. The van der Waals surface area contributed by atoms with Crippen LogP contribution in [-0.4, -0.2) is 21.7 Å². The first-order chi connectivity index (χ1) is 5.24. The van der Waals surface area contributed by atoms with Crippen LogP contribution in [-0.2, 0) is 0 Å². The Morgan fingerprint density at radius 2 is 2.55 bits per heavy atom. The maximum atomic E-state index is 8.58. The molecular formula is C7H13N3O. The van der Waals surface area contributed by atoms with E-state index in [4.69, 9.17) is 10.8 Å². The summed E-state index contributed by atoms with van der Waals surface area (Å²) in [5.41, 5.74) is 6.66. The highest BCUT2D eigenvalue weighted by Crippen LogP contribution is 2.08. The summed E-state index contributed by atoms with van der Waals surface area (Å²) in [6.45, 7) is 2.02. The number of nitrogens with two attached hydrogens (primary N) is 1. The van der Waals surface area contributed by atoms with Crippen molar-refractivity contribution in [1.29, 1.82) is 0 Å². The van der Waals surface area contributed by atoms with E-state index in [0.29, 0.717) is 6.42 Å². The molecule has 0 spiro atoms. The zero-order valence-corrected chi connectivity index (χ0v) is 6.54. The molecule has 0 fully saturated rings. The lowest BCUT2D eigenvalue weighted by Gasteiger charge is -2.04. The number of nitrogens with zero attached hydrogens (tertiary/aromatic N) is 1. The van der Waals surface area contributed by atoms with E-state index >= 15 is 0 Å². The van der Waals surface area contributed by atoms with E-state index in [0.717, 1.165) is 11.5 Å². The molecule has 0 aliphatic rings. The Bertz CT molecular complexity index is 221. The minimum absolute atomic E-state index is 0.0981. The fourth-order valence-corrected chi connectivity index (χ4v) is 0.897. The Morgan fingerprint density at radius 1 is 1.82 bits per heavy atom. The number of hydrogen-bond donors (Lipinski definition) is 3. The van der Waals surface area contributed by atoms with Gasteiger partial charge in [0.2, 0.25) is 0 Å². The van der Waals surface area contributed by atoms with Gasteiger partial charge in [0.05, 0.1) is 6.04 Å². The van der Waals surface area contributed by atoms with Gasteiger partial charge in [-0.2, -0.15) is 0 Å². The number of aliphatic hydroxyl groups is 1. The molecule has 0 saturated heterocycles. The molecule has 1 rings (SSSR count). The third kappa shape index (κ3) is 2.03. The molecule has 4 heteroatoms. The molecule has 0 unspecified atom stereocenters. The van der Waals surface area contributed by atoms with Gasteiger partial charge in [0.15, 0.2) is 0 Å². The van der Waals surface area contributed by atoms with Crippen molar-refractivity contribution in [3.05, 3.63) is 17.7 Å². The van der Waals surface area contributed by atoms with E-state index in [1.165, 1.54) is 0 Å². The van der Waals surface area contributed by atoms with Crippen LogP contribution in [0.3, 0.4) is 0 Å². The Labute approximate surface area is 65.5 Å². The number of aryl methyl sites for hydroxylation is 1. The predicted molar refractivity (Wildman–Crippen MR) is 42.0 cm³/mol. The Balaban J connectivity index is 2.60. The van der Waals surface area contributed by atoms with Crippen molar-refractivity contribution in [2.24, 2.45) is 5.73 Å². The minimum Gasteiger partial charge on any atom is -0.396 e. The SMILES string of the molecule is Cc1cnc([C@@H](N)CCO)[nH]1. The lowest BCUT2D eigenvalue weighted by Crippen LogP contribution is -2.13. The van der Waals surface area contributed by atoms with Crippen LogP contribution in [0.1, 0.15) is 24.0 Å². The molecule has 11 heavy (non-hydrogen) atoms. The predicted octanol–water partition coefficient (Wildman–Crippen LogP) is 0.100. The molecule has 0 radical (unpaired) electrons. The van der Waals surface area contributed by atoms with E-state index in [1.807, 2.05) is 6.92 Å². The standard InChI is InChI=1S/C7H13N3O/c1-5-4-9-7(10-5)6(8)2-3-11/h4,6,11H,2-3,8H2,1H3,(H,9,10)/t6-/m0/s1. The summed E-state index contributed by atoms with van der Waals surface area (Å²) < 4.78 is 0. The number of nitrogens with one attached hydrogen (secondary N) is 1. The lowest BCUT2D eigenvalue weighted by molar-refractivity contribution is 0.275. The van der Waals surface area contributed by atoms with Crippen LogP contribution >= 0.6 is 0 Å². The van der Waals surface area contributed by atoms with Crippen LogP contribution in [0.5, 0.6) is 0 Å². The van der Waals surface area contributed by atoms with Crippen molar-refractivity contribution in [3.8, 4) is 0 Å². The molecule has 0 saturated carbocycles. The average molecular weight is 155 g/mol. The summed E-state index contributed by atoms with van der Waals surface area (Å²) in [7, 11) is 0. The molecular weight excluding hydrogens is 142 g/mol. The molecule has 1 atom stereocenters. The second-order valence-corrected chi connectivity index (χ2v) is 2.57. The topological polar surface area (TPSA) is 74.9 Å². The number of aromatic amines is 1. The molecule has 4 N–H and O–H groups in total. The molecule has 1 heterocycles. The number of rotatable bonds is 3. The zero-order chi connectivity index (χ0) is 8.27. The number of H-pyrrole nitrogens is 1. The fourth-order valence-electron chi connectivity index (χ4n) is 0.897. The largest absolute Gasteiger partial charge is 0.396 e. The second kappa shape index (κ2) is 3.50. The van der Waals surface area contributed by atoms with Gasteiger partial charge in [0.25, 0.3) is 0 Å². The number of aliphatic hydroxyl groups excluding tert-OH is 1. The first kappa shape index (κ1) is 8.23. The van der Waals surface area contributed by atoms with Gasteiger partial charge in [-0.25, -0.2) is 4.98 Å². The first-order valence-electron chi connectivity index (χ1n) is 3.62. The van der Waals surface area contributed by atoms with Gasteiger partial charge >= 0.3 is 0 Å². The van der Waals surface area contributed by atoms with Crippen molar-refractivity contribution in [1.82, 2.24) is 9.97 Å². The molecule has 0 aliphatic heterocycles. The van der Waals surface area contributed by atoms with Gasteiger partial charge < -0.3 is 15.8 Å². The molecule has 62 valence electrons. The Morgan fingerprint density at radius 3 is 3.00 bits per heavy atom. The fraction of sp³-hybridized carbons (Fsp3) is 0.571. The van der Waals surface area contributed by atoms with Crippen molar-refractivity contribution in [3.63, 3.8) is 0 Å². The Kier molecular flexibility index (Phi) is 2.62. The molecule has 0 bridgehead atoms. The van der Waals surface area contributed by atoms with Gasteiger partial charge in [0.1, 0.15) is 5.82 Å². The average Bonchev–Trinajstić information content (AvgIpc) is 2.36. The summed E-state index contributed by atoms with van der Waals surface area (Å²) in [6, 6.07) is -0.173. The van der Waals surface area contributed by atoms with Crippen molar-refractivity contribution in [2.45, 2.75) is 19.4 Å².